The third-order valence-electron chi connectivity index (χ3n) is 3.56. The number of ether oxygens (including phenoxy) is 2. The van der Waals surface area contributed by atoms with Crippen molar-refractivity contribution in [2.24, 2.45) is 0 Å². The van der Waals surface area contributed by atoms with Crippen molar-refractivity contribution in [3.63, 3.8) is 0 Å². The molecule has 0 aliphatic carbocycles. The van der Waals surface area contributed by atoms with Crippen LogP contribution < -0.4 is 10.6 Å². The van der Waals surface area contributed by atoms with Crippen LogP contribution in [0.4, 0.5) is 4.79 Å². The first-order chi connectivity index (χ1) is 11.3. The summed E-state index contributed by atoms with van der Waals surface area (Å²) in [5, 5.41) is 5.59. The summed E-state index contributed by atoms with van der Waals surface area (Å²) in [6, 6.07) is 0. The van der Waals surface area contributed by atoms with E-state index < -0.39 is 5.60 Å². The lowest BCUT2D eigenvalue weighted by molar-refractivity contribution is -0.122. The average Bonchev–Trinajstić information content (AvgIpc) is 2.47. The van der Waals surface area contributed by atoms with E-state index in [4.69, 9.17) is 9.47 Å². The Labute approximate surface area is 144 Å². The Balaban J connectivity index is 2.11. The fourth-order valence-electron chi connectivity index (χ4n) is 2.35. The number of nitrogens with one attached hydrogen (secondary N) is 2. The molecule has 0 bridgehead atoms. The van der Waals surface area contributed by atoms with Crippen molar-refractivity contribution in [2.45, 2.75) is 26.4 Å². The van der Waals surface area contributed by atoms with Crippen molar-refractivity contribution >= 4 is 12.0 Å². The molecule has 1 aliphatic heterocycles. The molecule has 140 valence electrons. The van der Waals surface area contributed by atoms with Gasteiger partial charge in [0.1, 0.15) is 5.60 Å². The molecule has 0 spiro atoms. The number of hydrogen-bond donors (Lipinski definition) is 2. The van der Waals surface area contributed by atoms with Crippen LogP contribution >= 0.6 is 0 Å². The van der Waals surface area contributed by atoms with E-state index in [-0.39, 0.29) is 12.0 Å². The Bertz CT molecular complexity index is 390. The molecule has 1 aliphatic rings. The van der Waals surface area contributed by atoms with Crippen molar-refractivity contribution in [1.82, 2.24) is 20.4 Å². The van der Waals surface area contributed by atoms with Gasteiger partial charge in [0.25, 0.3) is 0 Å². The van der Waals surface area contributed by atoms with Gasteiger partial charge in [-0.2, -0.15) is 0 Å². The quantitative estimate of drug-likeness (QED) is 0.598. The first-order valence-corrected chi connectivity index (χ1v) is 8.47. The zero-order valence-electron chi connectivity index (χ0n) is 15.4. The minimum atomic E-state index is -0.473. The van der Waals surface area contributed by atoms with Gasteiger partial charge in [0, 0.05) is 52.9 Å². The molecule has 0 atom stereocenters. The van der Waals surface area contributed by atoms with Gasteiger partial charge in [-0.1, -0.05) is 0 Å². The van der Waals surface area contributed by atoms with Gasteiger partial charge in [-0.05, 0) is 20.8 Å². The highest BCUT2D eigenvalue weighted by Crippen LogP contribution is 2.06. The lowest BCUT2D eigenvalue weighted by Crippen LogP contribution is -2.51. The molecular weight excluding hydrogens is 312 g/mol. The van der Waals surface area contributed by atoms with E-state index in [1.807, 2.05) is 20.8 Å². The predicted octanol–water partition coefficient (Wildman–Crippen LogP) is -0.109. The Morgan fingerprint density at radius 3 is 2.21 bits per heavy atom. The highest BCUT2D eigenvalue weighted by molar-refractivity contribution is 5.78. The van der Waals surface area contributed by atoms with Crippen LogP contribution in [0.5, 0.6) is 0 Å². The van der Waals surface area contributed by atoms with Crippen molar-refractivity contribution < 1.29 is 19.1 Å². The Morgan fingerprint density at radius 1 is 1.00 bits per heavy atom. The monoisotopic (exact) mass is 344 g/mol. The van der Waals surface area contributed by atoms with Crippen molar-refractivity contribution in [3.05, 3.63) is 0 Å². The zero-order chi connectivity index (χ0) is 18.0. The fourth-order valence-corrected chi connectivity index (χ4v) is 2.35. The van der Waals surface area contributed by atoms with E-state index in [2.05, 4.69) is 20.4 Å². The second kappa shape index (κ2) is 10.5. The molecule has 8 nitrogen and oxygen atoms in total. The van der Waals surface area contributed by atoms with Gasteiger partial charge in [-0.15, -0.1) is 0 Å². The van der Waals surface area contributed by atoms with Crippen LogP contribution in [0.15, 0.2) is 0 Å². The normalized spacial score (nSPS) is 16.7. The Kier molecular flexibility index (Phi) is 9.02. The minimum absolute atomic E-state index is 0.0343. The van der Waals surface area contributed by atoms with E-state index in [1.165, 1.54) is 0 Å². The van der Waals surface area contributed by atoms with Crippen LogP contribution in [0.1, 0.15) is 20.8 Å². The maximum absolute atomic E-state index is 11.7. The van der Waals surface area contributed by atoms with Gasteiger partial charge >= 0.3 is 6.09 Å². The number of piperazine rings is 1. The van der Waals surface area contributed by atoms with Crippen molar-refractivity contribution in [2.75, 3.05) is 66.1 Å². The predicted molar refractivity (Wildman–Crippen MR) is 92.0 cm³/mol. The number of hydrogen-bond acceptors (Lipinski definition) is 6. The summed E-state index contributed by atoms with van der Waals surface area (Å²) in [5.74, 6) is 0.0343. The van der Waals surface area contributed by atoms with Crippen LogP contribution in [0.3, 0.4) is 0 Å². The summed E-state index contributed by atoms with van der Waals surface area (Å²) in [5.41, 5.74) is -0.473. The van der Waals surface area contributed by atoms with E-state index >= 15 is 0 Å². The molecule has 0 radical (unpaired) electrons. The van der Waals surface area contributed by atoms with Crippen LogP contribution in [-0.2, 0) is 14.3 Å². The van der Waals surface area contributed by atoms with Crippen LogP contribution in [-0.4, -0.2) is 93.5 Å². The fraction of sp³-hybridized carbons (Fsp3) is 0.875. The Hall–Kier alpha value is -1.38. The molecule has 0 saturated carbocycles. The van der Waals surface area contributed by atoms with E-state index in [0.29, 0.717) is 26.2 Å². The van der Waals surface area contributed by atoms with Crippen LogP contribution in [0.25, 0.3) is 0 Å². The van der Waals surface area contributed by atoms with E-state index in [0.717, 1.165) is 32.7 Å². The number of nitrogens with zero attached hydrogens (tertiary/aromatic N) is 2. The zero-order valence-corrected chi connectivity index (χ0v) is 15.4. The highest BCUT2D eigenvalue weighted by Gasteiger charge is 2.19. The summed E-state index contributed by atoms with van der Waals surface area (Å²) in [4.78, 5) is 27.7. The summed E-state index contributed by atoms with van der Waals surface area (Å²) in [7, 11) is 1.61. The van der Waals surface area contributed by atoms with Gasteiger partial charge in [-0.3, -0.25) is 14.6 Å². The molecule has 0 aromatic heterocycles. The molecule has 2 amide bonds. The summed E-state index contributed by atoms with van der Waals surface area (Å²) < 4.78 is 10.1. The molecule has 1 heterocycles. The number of carbonyl (C=O) groups excluding carboxylic acids is 2. The molecule has 2 N–H and O–H groups in total. The van der Waals surface area contributed by atoms with E-state index in [9.17, 15) is 9.59 Å². The van der Waals surface area contributed by atoms with Crippen LogP contribution in [0.2, 0.25) is 0 Å². The van der Waals surface area contributed by atoms with Gasteiger partial charge in [0.2, 0.25) is 5.91 Å². The molecule has 1 saturated heterocycles. The number of carbonyl (C=O) groups is 2. The van der Waals surface area contributed by atoms with Crippen LogP contribution in [0, 0.1) is 0 Å². The average molecular weight is 344 g/mol. The second-order valence-electron chi connectivity index (χ2n) is 6.89. The van der Waals surface area contributed by atoms with Gasteiger partial charge in [0.15, 0.2) is 0 Å². The topological polar surface area (TPSA) is 83.1 Å². The third-order valence-corrected chi connectivity index (χ3v) is 3.56. The van der Waals surface area contributed by atoms with Gasteiger partial charge < -0.3 is 20.1 Å². The maximum Gasteiger partial charge on any atom is 0.407 e. The number of amides is 2. The molecular formula is C16H32N4O4. The summed E-state index contributed by atoms with van der Waals surface area (Å²) in [6.07, 6.45) is -0.381. The summed E-state index contributed by atoms with van der Waals surface area (Å²) >= 11 is 0. The SMILES string of the molecule is COCCNC(=O)CN1CCN(CCNC(=O)OC(C)(C)C)CC1. The standard InChI is InChI=1S/C16H32N4O4/c1-16(2,3)24-15(22)18-5-7-19-8-10-20(11-9-19)13-14(21)17-6-12-23-4/h5-13H2,1-4H3,(H,17,21)(H,18,22). The smallest absolute Gasteiger partial charge is 0.407 e. The Morgan fingerprint density at radius 2 is 1.62 bits per heavy atom. The lowest BCUT2D eigenvalue weighted by Gasteiger charge is -2.34. The highest BCUT2D eigenvalue weighted by atomic mass is 16.6. The molecule has 24 heavy (non-hydrogen) atoms. The second-order valence-corrected chi connectivity index (χ2v) is 6.89. The molecule has 0 aromatic carbocycles. The van der Waals surface area contributed by atoms with Gasteiger partial charge in [0.05, 0.1) is 13.2 Å². The molecule has 0 aromatic rings. The minimum Gasteiger partial charge on any atom is -0.444 e. The molecule has 1 rings (SSSR count). The first-order valence-electron chi connectivity index (χ1n) is 8.47. The molecule has 8 heteroatoms. The largest absolute Gasteiger partial charge is 0.444 e. The van der Waals surface area contributed by atoms with Crippen molar-refractivity contribution in [1.29, 1.82) is 0 Å². The molecule has 0 unspecified atom stereocenters. The number of methoxy groups -OCH3 is 1. The third kappa shape index (κ3) is 9.69. The maximum atomic E-state index is 11.7. The van der Waals surface area contributed by atoms with Gasteiger partial charge in [-0.25, -0.2) is 4.79 Å². The number of alkyl carbamates (subject to hydrolysis) is 1. The molecule has 1 fully saturated rings. The van der Waals surface area contributed by atoms with E-state index in [1.54, 1.807) is 7.11 Å². The lowest BCUT2D eigenvalue weighted by atomic mass is 10.2. The van der Waals surface area contributed by atoms with Crippen molar-refractivity contribution in [3.8, 4) is 0 Å². The first kappa shape index (κ1) is 20.7. The summed E-state index contributed by atoms with van der Waals surface area (Å²) in [6.45, 7) is 11.9. The number of rotatable bonds is 8.